The Balaban J connectivity index is 1.96. The number of benzene rings is 1. The average molecular weight is 266 g/mol. The third kappa shape index (κ3) is 4.05. The molecule has 3 heteroatoms. The number of aryl methyl sites for hydroxylation is 1. The summed E-state index contributed by atoms with van der Waals surface area (Å²) < 4.78 is 0. The van der Waals surface area contributed by atoms with Crippen molar-refractivity contribution in [2.24, 2.45) is 0 Å². The lowest BCUT2D eigenvalue weighted by Gasteiger charge is -2.11. The minimum atomic E-state index is -0.121. The zero-order chi connectivity index (χ0) is 14.4. The number of nitrogens with one attached hydrogen (secondary N) is 1. The monoisotopic (exact) mass is 266 g/mol. The van der Waals surface area contributed by atoms with Gasteiger partial charge in [-0.1, -0.05) is 35.9 Å². The van der Waals surface area contributed by atoms with Gasteiger partial charge < -0.3 is 5.32 Å². The Kier molecular flexibility index (Phi) is 4.66. The highest BCUT2D eigenvalue weighted by atomic mass is 16.1. The summed E-state index contributed by atoms with van der Waals surface area (Å²) in [6, 6.07) is 13.6. The number of rotatable bonds is 4. The van der Waals surface area contributed by atoms with E-state index in [1.807, 2.05) is 62.4 Å². The minimum Gasteiger partial charge on any atom is -0.344 e. The fourth-order valence-corrected chi connectivity index (χ4v) is 1.91. The zero-order valence-corrected chi connectivity index (χ0v) is 11.7. The summed E-state index contributed by atoms with van der Waals surface area (Å²) in [5.74, 6) is -0.121. The Morgan fingerprint density at radius 1 is 1.25 bits per heavy atom. The van der Waals surface area contributed by atoms with Gasteiger partial charge in [-0.05, 0) is 37.6 Å². The highest BCUT2D eigenvalue weighted by molar-refractivity contribution is 5.91. The lowest BCUT2D eigenvalue weighted by Crippen LogP contribution is -2.25. The molecule has 102 valence electrons. The molecule has 1 aromatic heterocycles. The van der Waals surface area contributed by atoms with E-state index in [9.17, 15) is 4.79 Å². The van der Waals surface area contributed by atoms with Gasteiger partial charge in [-0.2, -0.15) is 0 Å². The molecule has 1 atom stereocenters. The van der Waals surface area contributed by atoms with E-state index in [4.69, 9.17) is 0 Å². The predicted octanol–water partition coefficient (Wildman–Crippen LogP) is 3.28. The van der Waals surface area contributed by atoms with Crippen molar-refractivity contribution in [2.45, 2.75) is 19.9 Å². The minimum absolute atomic E-state index is 0.106. The number of carbonyl (C=O) groups is 1. The Hall–Kier alpha value is -2.42. The molecule has 0 radical (unpaired) electrons. The molecular formula is C17H18N2O. The molecule has 2 aromatic rings. The Labute approximate surface area is 119 Å². The van der Waals surface area contributed by atoms with Crippen LogP contribution in [0.15, 0.2) is 54.7 Å². The second-order valence-corrected chi connectivity index (χ2v) is 4.73. The number of amides is 1. The molecule has 1 N–H and O–H groups in total. The van der Waals surface area contributed by atoms with Crippen molar-refractivity contribution in [2.75, 3.05) is 0 Å². The highest BCUT2D eigenvalue weighted by Gasteiger charge is 2.07. The van der Waals surface area contributed by atoms with Crippen LogP contribution >= 0.6 is 0 Å². The second kappa shape index (κ2) is 6.66. The van der Waals surface area contributed by atoms with Crippen LogP contribution in [-0.2, 0) is 4.79 Å². The van der Waals surface area contributed by atoms with Gasteiger partial charge in [0.2, 0.25) is 5.91 Å². The molecule has 0 aliphatic rings. The molecule has 3 nitrogen and oxygen atoms in total. The molecule has 0 unspecified atom stereocenters. The van der Waals surface area contributed by atoms with E-state index >= 15 is 0 Å². The maximum Gasteiger partial charge on any atom is 0.244 e. The molecule has 20 heavy (non-hydrogen) atoms. The normalized spacial score (nSPS) is 12.3. The number of carbonyl (C=O) groups excluding carboxylic acids is 1. The summed E-state index contributed by atoms with van der Waals surface area (Å²) in [4.78, 5) is 16.1. The van der Waals surface area contributed by atoms with E-state index in [1.54, 1.807) is 12.3 Å². The molecule has 1 heterocycles. The van der Waals surface area contributed by atoms with Crippen molar-refractivity contribution in [3.8, 4) is 0 Å². The molecule has 0 aliphatic carbocycles. The van der Waals surface area contributed by atoms with Crippen LogP contribution in [0, 0.1) is 6.92 Å². The van der Waals surface area contributed by atoms with Crippen molar-refractivity contribution in [1.29, 1.82) is 0 Å². The lowest BCUT2D eigenvalue weighted by atomic mass is 10.1. The SMILES string of the molecule is Cc1cccc(/C=C/C(=O)N[C@H](C)c2ccccn2)c1. The molecule has 1 amide bonds. The molecule has 0 saturated heterocycles. The van der Waals surface area contributed by atoms with Crippen LogP contribution in [0.25, 0.3) is 6.08 Å². The summed E-state index contributed by atoms with van der Waals surface area (Å²) in [5, 5.41) is 2.89. The third-order valence-electron chi connectivity index (χ3n) is 2.96. The maximum atomic E-state index is 11.9. The van der Waals surface area contributed by atoms with Gasteiger partial charge in [0.25, 0.3) is 0 Å². The first-order valence-electron chi connectivity index (χ1n) is 6.61. The number of nitrogens with zero attached hydrogens (tertiary/aromatic N) is 1. The smallest absolute Gasteiger partial charge is 0.244 e. The van der Waals surface area contributed by atoms with E-state index in [2.05, 4.69) is 10.3 Å². The van der Waals surface area contributed by atoms with Crippen molar-refractivity contribution in [3.05, 3.63) is 71.6 Å². The number of aromatic nitrogens is 1. The second-order valence-electron chi connectivity index (χ2n) is 4.73. The number of hydrogen-bond acceptors (Lipinski definition) is 2. The average Bonchev–Trinajstić information content (AvgIpc) is 2.46. The summed E-state index contributed by atoms with van der Waals surface area (Å²) in [7, 11) is 0. The van der Waals surface area contributed by atoms with Gasteiger partial charge in [0.05, 0.1) is 11.7 Å². The third-order valence-corrected chi connectivity index (χ3v) is 2.96. The Morgan fingerprint density at radius 3 is 2.80 bits per heavy atom. The predicted molar refractivity (Wildman–Crippen MR) is 81.0 cm³/mol. The molecule has 2 rings (SSSR count). The fraction of sp³-hybridized carbons (Fsp3) is 0.176. The molecule has 0 bridgehead atoms. The highest BCUT2D eigenvalue weighted by Crippen LogP contribution is 2.09. The van der Waals surface area contributed by atoms with Crippen LogP contribution in [0.3, 0.4) is 0 Å². The molecule has 0 spiro atoms. The fourth-order valence-electron chi connectivity index (χ4n) is 1.91. The summed E-state index contributed by atoms with van der Waals surface area (Å²) in [5.41, 5.74) is 3.05. The van der Waals surface area contributed by atoms with E-state index in [0.29, 0.717) is 0 Å². The van der Waals surface area contributed by atoms with Crippen molar-refractivity contribution >= 4 is 12.0 Å². The summed E-state index contributed by atoms with van der Waals surface area (Å²) in [6.07, 6.45) is 5.09. The largest absolute Gasteiger partial charge is 0.344 e. The Bertz CT molecular complexity index is 605. The topological polar surface area (TPSA) is 42.0 Å². The zero-order valence-electron chi connectivity index (χ0n) is 11.7. The number of hydrogen-bond donors (Lipinski definition) is 1. The first kappa shape index (κ1) is 14.0. The van der Waals surface area contributed by atoms with Gasteiger partial charge >= 0.3 is 0 Å². The van der Waals surface area contributed by atoms with E-state index in [1.165, 1.54) is 5.56 Å². The summed E-state index contributed by atoms with van der Waals surface area (Å²) in [6.45, 7) is 3.95. The first-order chi connectivity index (χ1) is 9.65. The number of pyridine rings is 1. The van der Waals surface area contributed by atoms with Crippen LogP contribution in [0.2, 0.25) is 0 Å². The van der Waals surface area contributed by atoms with Gasteiger partial charge in [0, 0.05) is 12.3 Å². The Morgan fingerprint density at radius 2 is 2.10 bits per heavy atom. The van der Waals surface area contributed by atoms with Gasteiger partial charge in [-0.15, -0.1) is 0 Å². The van der Waals surface area contributed by atoms with E-state index in [0.717, 1.165) is 11.3 Å². The molecule has 1 aromatic carbocycles. The summed E-state index contributed by atoms with van der Waals surface area (Å²) >= 11 is 0. The molecule has 0 saturated carbocycles. The van der Waals surface area contributed by atoms with Crippen molar-refractivity contribution in [1.82, 2.24) is 10.3 Å². The van der Waals surface area contributed by atoms with E-state index in [-0.39, 0.29) is 11.9 Å². The van der Waals surface area contributed by atoms with Crippen LogP contribution in [0.4, 0.5) is 0 Å². The molecular weight excluding hydrogens is 248 g/mol. The van der Waals surface area contributed by atoms with E-state index < -0.39 is 0 Å². The van der Waals surface area contributed by atoms with Crippen molar-refractivity contribution in [3.63, 3.8) is 0 Å². The van der Waals surface area contributed by atoms with Gasteiger partial charge in [-0.25, -0.2) is 0 Å². The van der Waals surface area contributed by atoms with Crippen LogP contribution in [0.1, 0.15) is 29.8 Å². The molecule has 0 fully saturated rings. The van der Waals surface area contributed by atoms with Crippen LogP contribution in [-0.4, -0.2) is 10.9 Å². The van der Waals surface area contributed by atoms with Crippen molar-refractivity contribution < 1.29 is 4.79 Å². The van der Waals surface area contributed by atoms with Gasteiger partial charge in [0.1, 0.15) is 0 Å². The van der Waals surface area contributed by atoms with Gasteiger partial charge in [0.15, 0.2) is 0 Å². The lowest BCUT2D eigenvalue weighted by molar-refractivity contribution is -0.117. The van der Waals surface area contributed by atoms with Crippen LogP contribution < -0.4 is 5.32 Å². The maximum absolute atomic E-state index is 11.9. The molecule has 0 aliphatic heterocycles. The van der Waals surface area contributed by atoms with Gasteiger partial charge in [-0.3, -0.25) is 9.78 Å². The standard InChI is InChI=1S/C17H18N2O/c1-13-6-5-7-15(12-13)9-10-17(20)19-14(2)16-8-3-4-11-18-16/h3-12,14H,1-2H3,(H,19,20)/b10-9+/t14-/m1/s1. The first-order valence-corrected chi connectivity index (χ1v) is 6.61. The quantitative estimate of drug-likeness (QED) is 0.863. The van der Waals surface area contributed by atoms with Crippen LogP contribution in [0.5, 0.6) is 0 Å².